The third-order valence-electron chi connectivity index (χ3n) is 5.84. The minimum atomic E-state index is -1.01. The molecule has 1 saturated carbocycles. The summed E-state index contributed by atoms with van der Waals surface area (Å²) in [4.78, 5) is 40.7. The third-order valence-corrected chi connectivity index (χ3v) is 5.84. The monoisotopic (exact) mass is 322 g/mol. The molecule has 0 radical (unpaired) electrons. The van der Waals surface area contributed by atoms with E-state index in [-0.39, 0.29) is 17.9 Å². The Hall–Kier alpha value is -1.59. The predicted octanol–water partition coefficient (Wildman–Crippen LogP) is 1.63. The number of fused-ring (bicyclic) bond motifs is 3. The largest absolute Gasteiger partial charge is 0.480 e. The van der Waals surface area contributed by atoms with Gasteiger partial charge in [-0.05, 0) is 38.5 Å². The van der Waals surface area contributed by atoms with E-state index in [4.69, 9.17) is 0 Å². The second-order valence-corrected chi connectivity index (χ2v) is 7.17. The summed E-state index contributed by atoms with van der Waals surface area (Å²) in [6.07, 6.45) is 6.08. The van der Waals surface area contributed by atoms with Gasteiger partial charge in [0.15, 0.2) is 0 Å². The molecule has 0 aromatic heterocycles. The van der Waals surface area contributed by atoms with Crippen LogP contribution in [0.3, 0.4) is 0 Å². The second-order valence-electron chi connectivity index (χ2n) is 7.17. The Morgan fingerprint density at radius 3 is 2.61 bits per heavy atom. The fourth-order valence-corrected chi connectivity index (χ4v) is 4.77. The van der Waals surface area contributed by atoms with Crippen molar-refractivity contribution in [1.29, 1.82) is 0 Å². The zero-order valence-electron chi connectivity index (χ0n) is 13.9. The van der Waals surface area contributed by atoms with Crippen molar-refractivity contribution in [3.8, 4) is 0 Å². The number of aliphatic carboxylic acids is 1. The van der Waals surface area contributed by atoms with Crippen LogP contribution in [0.5, 0.6) is 0 Å². The van der Waals surface area contributed by atoms with Crippen LogP contribution in [0.4, 0.5) is 0 Å². The van der Waals surface area contributed by atoms with Crippen molar-refractivity contribution in [2.75, 3.05) is 0 Å². The van der Waals surface area contributed by atoms with Crippen molar-refractivity contribution in [3.05, 3.63) is 0 Å². The molecule has 23 heavy (non-hydrogen) atoms. The minimum Gasteiger partial charge on any atom is -0.480 e. The van der Waals surface area contributed by atoms with Crippen LogP contribution < -0.4 is 0 Å². The number of carbonyl (C=O) groups is 3. The fourth-order valence-electron chi connectivity index (χ4n) is 4.77. The average molecular weight is 322 g/mol. The van der Waals surface area contributed by atoms with Crippen LogP contribution in [0.15, 0.2) is 0 Å². The Bertz CT molecular complexity index is 521. The number of hydrogen-bond acceptors (Lipinski definition) is 3. The first kappa shape index (κ1) is 16.3. The zero-order valence-corrected chi connectivity index (χ0v) is 13.9. The summed E-state index contributed by atoms with van der Waals surface area (Å²) < 4.78 is 0. The topological polar surface area (TPSA) is 77.9 Å². The number of hydrogen-bond donors (Lipinski definition) is 1. The van der Waals surface area contributed by atoms with E-state index >= 15 is 0 Å². The number of nitrogens with zero attached hydrogens (tertiary/aromatic N) is 2. The van der Waals surface area contributed by atoms with Crippen LogP contribution in [0.2, 0.25) is 0 Å². The van der Waals surface area contributed by atoms with Gasteiger partial charge in [0.25, 0.3) is 0 Å². The van der Waals surface area contributed by atoms with Crippen LogP contribution in [0.1, 0.15) is 58.8 Å². The number of piperazine rings is 1. The van der Waals surface area contributed by atoms with Gasteiger partial charge in [-0.1, -0.05) is 26.2 Å². The predicted molar refractivity (Wildman–Crippen MR) is 83.6 cm³/mol. The summed E-state index contributed by atoms with van der Waals surface area (Å²) in [6, 6.07) is -1.82. The van der Waals surface area contributed by atoms with E-state index in [0.29, 0.717) is 25.2 Å². The van der Waals surface area contributed by atoms with Crippen LogP contribution in [0, 0.1) is 5.92 Å². The maximum Gasteiger partial charge on any atom is 0.326 e. The molecule has 3 rings (SSSR count). The van der Waals surface area contributed by atoms with Crippen LogP contribution >= 0.6 is 0 Å². The van der Waals surface area contributed by atoms with Gasteiger partial charge in [0.05, 0.1) is 0 Å². The summed E-state index contributed by atoms with van der Waals surface area (Å²) in [5.74, 6) is -0.828. The van der Waals surface area contributed by atoms with Gasteiger partial charge in [-0.15, -0.1) is 0 Å². The van der Waals surface area contributed by atoms with E-state index in [1.807, 2.05) is 6.92 Å². The average Bonchev–Trinajstić information content (AvgIpc) is 2.91. The summed E-state index contributed by atoms with van der Waals surface area (Å²) in [6.45, 7) is 3.57. The molecule has 6 nitrogen and oxygen atoms in total. The number of rotatable bonds is 4. The highest BCUT2D eigenvalue weighted by Crippen LogP contribution is 2.43. The van der Waals surface area contributed by atoms with Gasteiger partial charge in [0.2, 0.25) is 11.8 Å². The molecular formula is C17H26N2O4. The quantitative estimate of drug-likeness (QED) is 0.853. The maximum atomic E-state index is 13.0. The standard InChI is InChI=1S/C17H26N2O4/c1-3-6-13(17(22)23)18-10(2)15(20)19-12-8-5-4-7-11(12)9-14(19)16(18)21/h10-14H,3-9H2,1-2H3,(H,22,23)/t10-,11-,12-,13-,14-/m0/s1. The SMILES string of the molecule is CCC[C@@H](C(=O)O)N1C(=O)[C@@H]2C[C@@H]3CCCC[C@@H]3N2C(=O)[C@@H]1C. The number of amides is 2. The molecule has 2 amide bonds. The Balaban J connectivity index is 1.90. The highest BCUT2D eigenvalue weighted by Gasteiger charge is 2.55. The van der Waals surface area contributed by atoms with Gasteiger partial charge in [-0.3, -0.25) is 9.59 Å². The van der Waals surface area contributed by atoms with E-state index in [2.05, 4.69) is 0 Å². The fraction of sp³-hybridized carbons (Fsp3) is 0.824. The van der Waals surface area contributed by atoms with Crippen molar-refractivity contribution < 1.29 is 19.5 Å². The number of carboxylic acids is 1. The molecule has 128 valence electrons. The lowest BCUT2D eigenvalue weighted by Crippen LogP contribution is -2.66. The van der Waals surface area contributed by atoms with Crippen molar-refractivity contribution in [3.63, 3.8) is 0 Å². The Morgan fingerprint density at radius 1 is 1.26 bits per heavy atom. The molecule has 0 aromatic rings. The third kappa shape index (κ3) is 2.52. The Labute approximate surface area is 136 Å². The maximum absolute atomic E-state index is 13.0. The first-order chi connectivity index (χ1) is 11.0. The molecule has 3 fully saturated rings. The lowest BCUT2D eigenvalue weighted by molar-refractivity contribution is -0.168. The van der Waals surface area contributed by atoms with Crippen LogP contribution in [-0.2, 0) is 14.4 Å². The first-order valence-electron chi connectivity index (χ1n) is 8.84. The van der Waals surface area contributed by atoms with Crippen LogP contribution in [0.25, 0.3) is 0 Å². The second kappa shape index (κ2) is 6.13. The highest BCUT2D eigenvalue weighted by molar-refractivity contribution is 5.99. The molecule has 1 N–H and O–H groups in total. The first-order valence-corrected chi connectivity index (χ1v) is 8.84. The summed E-state index contributed by atoms with van der Waals surface area (Å²) in [5, 5.41) is 9.51. The molecule has 0 unspecified atom stereocenters. The number of carboxylic acid groups (broad SMARTS) is 1. The van der Waals surface area contributed by atoms with Gasteiger partial charge >= 0.3 is 5.97 Å². The smallest absolute Gasteiger partial charge is 0.326 e. The van der Waals surface area contributed by atoms with Crippen molar-refractivity contribution in [2.45, 2.75) is 83.0 Å². The summed E-state index contributed by atoms with van der Waals surface area (Å²) >= 11 is 0. The number of carbonyl (C=O) groups excluding carboxylic acids is 2. The molecule has 6 heteroatoms. The van der Waals surface area contributed by atoms with E-state index in [1.165, 1.54) is 4.90 Å². The van der Waals surface area contributed by atoms with E-state index in [9.17, 15) is 19.5 Å². The van der Waals surface area contributed by atoms with Gasteiger partial charge in [0, 0.05) is 6.04 Å². The molecule has 0 aromatic carbocycles. The molecule has 5 atom stereocenters. The van der Waals surface area contributed by atoms with Gasteiger partial charge in [0.1, 0.15) is 18.1 Å². The molecule has 0 spiro atoms. The molecule has 2 saturated heterocycles. The van der Waals surface area contributed by atoms with Crippen molar-refractivity contribution in [1.82, 2.24) is 9.80 Å². The van der Waals surface area contributed by atoms with E-state index < -0.39 is 24.1 Å². The van der Waals surface area contributed by atoms with Gasteiger partial charge in [-0.25, -0.2) is 4.79 Å². The highest BCUT2D eigenvalue weighted by atomic mass is 16.4. The summed E-state index contributed by atoms with van der Waals surface area (Å²) in [5.41, 5.74) is 0. The Kier molecular flexibility index (Phi) is 4.34. The molecule has 3 aliphatic rings. The summed E-state index contributed by atoms with van der Waals surface area (Å²) in [7, 11) is 0. The molecule has 1 aliphatic carbocycles. The lowest BCUT2D eigenvalue weighted by atomic mass is 9.85. The lowest BCUT2D eigenvalue weighted by Gasteiger charge is -2.45. The van der Waals surface area contributed by atoms with Gasteiger partial charge in [-0.2, -0.15) is 0 Å². The molecular weight excluding hydrogens is 296 g/mol. The van der Waals surface area contributed by atoms with Crippen molar-refractivity contribution in [2.24, 2.45) is 5.92 Å². The molecule has 2 heterocycles. The van der Waals surface area contributed by atoms with Gasteiger partial charge < -0.3 is 14.9 Å². The molecule has 2 aliphatic heterocycles. The van der Waals surface area contributed by atoms with E-state index in [0.717, 1.165) is 25.7 Å². The molecule has 0 bridgehead atoms. The van der Waals surface area contributed by atoms with Crippen molar-refractivity contribution >= 4 is 17.8 Å². The van der Waals surface area contributed by atoms with Crippen LogP contribution in [-0.4, -0.2) is 56.9 Å². The Morgan fingerprint density at radius 2 is 1.96 bits per heavy atom. The normalized spacial score (nSPS) is 35.0. The zero-order chi connectivity index (χ0) is 16.7. The van der Waals surface area contributed by atoms with E-state index in [1.54, 1.807) is 11.8 Å². The minimum absolute atomic E-state index is 0.0636.